The lowest BCUT2D eigenvalue weighted by atomic mass is 10.5. The molecule has 0 aliphatic rings. The molecule has 0 aromatic heterocycles. The second kappa shape index (κ2) is 27.8. The van der Waals surface area contributed by atoms with E-state index < -0.39 is 0 Å². The van der Waals surface area contributed by atoms with Crippen LogP contribution in [0.3, 0.4) is 0 Å². The van der Waals surface area contributed by atoms with E-state index in [2.05, 4.69) is 0 Å². The lowest BCUT2D eigenvalue weighted by molar-refractivity contribution is 0.296. The third-order valence-corrected chi connectivity index (χ3v) is 0.559. The molecule has 0 fully saturated rings. The predicted molar refractivity (Wildman–Crippen MR) is 29.9 cm³/mol. The van der Waals surface area contributed by atoms with E-state index in [1.54, 1.807) is 0 Å². The maximum absolute atomic E-state index is 7.98. The zero-order valence-corrected chi connectivity index (χ0v) is 4.93. The van der Waals surface area contributed by atoms with Gasteiger partial charge in [0.15, 0.2) is 0 Å². The molecule has 0 saturated carbocycles. The summed E-state index contributed by atoms with van der Waals surface area (Å²) in [4.78, 5) is 0. The van der Waals surface area contributed by atoms with Crippen LogP contribution in [-0.4, -0.2) is 17.6 Å². The molecule has 0 bridgehead atoms. The van der Waals surface area contributed by atoms with E-state index >= 15 is 0 Å². The first-order valence-electron chi connectivity index (χ1n) is 1.58. The van der Waals surface area contributed by atoms with E-state index in [1.165, 1.54) is 0 Å². The summed E-state index contributed by atoms with van der Waals surface area (Å²) >= 11 is 5.14. The highest BCUT2D eigenvalue weighted by Crippen LogP contribution is 1.77. The summed E-state index contributed by atoms with van der Waals surface area (Å²) in [5, 5.41) is 7.98. The van der Waals surface area contributed by atoms with E-state index in [0.29, 0.717) is 12.3 Å². The predicted octanol–water partition coefficient (Wildman–Crippen LogP) is 1.07. The van der Waals surface area contributed by atoms with Gasteiger partial charge in [-0.25, -0.2) is 0 Å². The van der Waals surface area contributed by atoms with Gasteiger partial charge in [0.05, 0.1) is 0 Å². The van der Waals surface area contributed by atoms with E-state index in [0.717, 1.165) is 0 Å². The van der Waals surface area contributed by atoms with Crippen molar-refractivity contribution in [3.8, 4) is 0 Å². The van der Waals surface area contributed by atoms with Crippen molar-refractivity contribution in [2.24, 2.45) is 0 Å². The molecule has 0 aliphatic carbocycles. The van der Waals surface area contributed by atoms with Crippen LogP contribution in [-0.2, 0) is 0 Å². The monoisotopic (exact) mass is 154 g/mol. The first kappa shape index (κ1) is 24.4. The topological polar surface area (TPSA) is 20.2 Å². The molecule has 1 nitrogen and oxygen atoms in total. The molecule has 5 heteroatoms. The quantitative estimate of drug-likeness (QED) is 0.590. The Balaban J connectivity index is -0.0000000267. The second-order valence-electron chi connectivity index (χ2n) is 0.766. The summed E-state index contributed by atoms with van der Waals surface area (Å²) in [6.07, 6.45) is 0.710. The van der Waals surface area contributed by atoms with Crippen LogP contribution in [0.4, 0.5) is 14.1 Å². The third kappa shape index (κ3) is 36.9. The zero-order chi connectivity index (χ0) is 4.12. The molecule has 56 valence electrons. The Labute approximate surface area is 50.8 Å². The lowest BCUT2D eigenvalue weighted by Gasteiger charge is -1.77. The van der Waals surface area contributed by atoms with Crippen LogP contribution in [0.1, 0.15) is 6.42 Å². The average molecular weight is 155 g/mol. The van der Waals surface area contributed by atoms with Gasteiger partial charge < -0.3 is 5.11 Å². The van der Waals surface area contributed by atoms with Gasteiger partial charge in [-0.05, 0) is 6.42 Å². The van der Waals surface area contributed by atoms with Gasteiger partial charge in [-0.15, -0.1) is 11.6 Å². The van der Waals surface area contributed by atoms with Crippen molar-refractivity contribution in [3.05, 3.63) is 0 Å². The van der Waals surface area contributed by atoms with Gasteiger partial charge in [0, 0.05) is 12.5 Å². The average Bonchev–Trinajstić information content (AvgIpc) is 1.41. The molecule has 0 radical (unpaired) electrons. The normalized spacial score (nSPS) is 5.25. The van der Waals surface area contributed by atoms with Crippen LogP contribution in [0.15, 0.2) is 0 Å². The fourth-order valence-electron chi connectivity index (χ4n) is 0.0598. The first-order chi connectivity index (χ1) is 2.41. The molecule has 1 N–H and O–H groups in total. The van der Waals surface area contributed by atoms with E-state index in [1.807, 2.05) is 0 Å². The molecule has 0 spiro atoms. The van der Waals surface area contributed by atoms with Gasteiger partial charge in [0.25, 0.3) is 0 Å². The van der Waals surface area contributed by atoms with Crippen molar-refractivity contribution in [3.63, 3.8) is 0 Å². The molecule has 0 aromatic carbocycles. The fourth-order valence-corrected chi connectivity index (χ4v) is 0.179. The first-order valence-corrected chi connectivity index (χ1v) is 2.12. The molecule has 0 aromatic rings. The van der Waals surface area contributed by atoms with Gasteiger partial charge in [-0.3, -0.25) is 14.1 Å². The van der Waals surface area contributed by atoms with Crippen LogP contribution in [0.25, 0.3) is 0 Å². The number of alkyl halides is 1. The maximum atomic E-state index is 7.98. The summed E-state index contributed by atoms with van der Waals surface area (Å²) in [6.45, 7) is 0.212. The molecule has 8 heavy (non-hydrogen) atoms. The lowest BCUT2D eigenvalue weighted by Crippen LogP contribution is -1.79. The molecule has 0 aliphatic heterocycles. The standard InChI is InChI=1S/C3H7ClO.3FH/c4-2-1-3-5;;;/h5H,1-3H2;3*1H. The largest absolute Gasteiger partial charge is 0.396 e. The van der Waals surface area contributed by atoms with Crippen LogP contribution in [0.5, 0.6) is 0 Å². The van der Waals surface area contributed by atoms with Crippen LogP contribution in [0.2, 0.25) is 0 Å². The van der Waals surface area contributed by atoms with Gasteiger partial charge in [0.2, 0.25) is 0 Å². The van der Waals surface area contributed by atoms with Crippen molar-refractivity contribution in [2.45, 2.75) is 6.42 Å². The van der Waals surface area contributed by atoms with Crippen LogP contribution in [0, 0.1) is 0 Å². The summed E-state index contributed by atoms with van der Waals surface area (Å²) in [5.41, 5.74) is 0. The minimum absolute atomic E-state index is 0. The van der Waals surface area contributed by atoms with Crippen molar-refractivity contribution >= 4 is 11.6 Å². The number of halogens is 4. The Morgan fingerprint density at radius 2 is 1.50 bits per heavy atom. The number of hydrogen-bond acceptors (Lipinski definition) is 1. The zero-order valence-electron chi connectivity index (χ0n) is 4.17. The third-order valence-electron chi connectivity index (χ3n) is 0.292. The highest BCUT2D eigenvalue weighted by atomic mass is 35.5. The number of hydrogen-bond donors (Lipinski definition) is 1. The molecule has 0 atom stereocenters. The molecule has 0 rings (SSSR count). The molecule has 0 saturated heterocycles. The summed E-state index contributed by atoms with van der Waals surface area (Å²) < 4.78 is 0. The van der Waals surface area contributed by atoms with Crippen LogP contribution >= 0.6 is 11.6 Å². The Hall–Kier alpha value is 0.0400. The minimum atomic E-state index is 0. The number of aliphatic hydroxyl groups is 1. The van der Waals surface area contributed by atoms with Gasteiger partial charge in [-0.2, -0.15) is 0 Å². The number of rotatable bonds is 2. The van der Waals surface area contributed by atoms with E-state index in [4.69, 9.17) is 16.7 Å². The van der Waals surface area contributed by atoms with Gasteiger partial charge in [-0.1, -0.05) is 0 Å². The van der Waals surface area contributed by atoms with Crippen molar-refractivity contribution in [1.82, 2.24) is 0 Å². The molecule has 0 heterocycles. The Morgan fingerprint density at radius 3 is 1.50 bits per heavy atom. The highest BCUT2D eigenvalue weighted by molar-refractivity contribution is 6.17. The van der Waals surface area contributed by atoms with E-state index in [9.17, 15) is 0 Å². The molecule has 0 amide bonds. The SMILES string of the molecule is F.F.F.OCCCCl. The molecule has 0 unspecified atom stereocenters. The smallest absolute Gasteiger partial charge is 0.0442 e. The van der Waals surface area contributed by atoms with Gasteiger partial charge >= 0.3 is 0 Å². The summed E-state index contributed by atoms with van der Waals surface area (Å²) in [5.74, 6) is 0.566. The van der Waals surface area contributed by atoms with Gasteiger partial charge in [0.1, 0.15) is 0 Å². The summed E-state index contributed by atoms with van der Waals surface area (Å²) in [7, 11) is 0. The van der Waals surface area contributed by atoms with E-state index in [-0.39, 0.29) is 20.7 Å². The van der Waals surface area contributed by atoms with Crippen LogP contribution < -0.4 is 0 Å². The highest BCUT2D eigenvalue weighted by Gasteiger charge is 1.71. The second-order valence-corrected chi connectivity index (χ2v) is 1.14. The Morgan fingerprint density at radius 1 is 1.12 bits per heavy atom. The minimum Gasteiger partial charge on any atom is -0.396 e. The summed E-state index contributed by atoms with van der Waals surface area (Å²) in [6, 6.07) is 0. The van der Waals surface area contributed by atoms with Crippen molar-refractivity contribution in [2.75, 3.05) is 12.5 Å². The maximum Gasteiger partial charge on any atom is 0.0442 e. The number of aliphatic hydroxyl groups excluding tert-OH is 1. The molecular weight excluding hydrogens is 144 g/mol. The van der Waals surface area contributed by atoms with Crippen molar-refractivity contribution < 1.29 is 19.2 Å². The fraction of sp³-hybridized carbons (Fsp3) is 1.00. The Bertz CT molecular complexity index is 22.0. The van der Waals surface area contributed by atoms with Crippen molar-refractivity contribution in [1.29, 1.82) is 0 Å². The molecular formula is C3H10ClF3O. The Kier molecular flexibility index (Phi) is 84.8.